The zero-order chi connectivity index (χ0) is 18.9. The van der Waals surface area contributed by atoms with Crippen molar-refractivity contribution in [2.24, 2.45) is 0 Å². The minimum Gasteiger partial charge on any atom is -0.477 e. The Balaban J connectivity index is 1.43. The van der Waals surface area contributed by atoms with Gasteiger partial charge in [0, 0.05) is 38.1 Å². The maximum absolute atomic E-state index is 12.4. The van der Waals surface area contributed by atoms with Gasteiger partial charge in [0.1, 0.15) is 5.69 Å². The number of carbonyl (C=O) groups is 2. The van der Waals surface area contributed by atoms with E-state index in [0.717, 1.165) is 18.5 Å². The van der Waals surface area contributed by atoms with Crippen LogP contribution < -0.4 is 4.90 Å². The van der Waals surface area contributed by atoms with Gasteiger partial charge in [0.15, 0.2) is 5.76 Å². The first-order chi connectivity index (χ1) is 13.1. The van der Waals surface area contributed by atoms with Crippen LogP contribution in [0.5, 0.6) is 0 Å². The second kappa shape index (κ2) is 7.03. The second-order valence-electron chi connectivity index (χ2n) is 6.93. The Labute approximate surface area is 156 Å². The third-order valence-corrected chi connectivity index (χ3v) is 5.27. The fourth-order valence-electron chi connectivity index (χ4n) is 3.77. The molecule has 2 aromatic heterocycles. The van der Waals surface area contributed by atoms with Crippen LogP contribution in [-0.4, -0.2) is 65.3 Å². The maximum atomic E-state index is 12.4. The van der Waals surface area contributed by atoms with E-state index in [0.29, 0.717) is 38.5 Å². The highest BCUT2D eigenvalue weighted by molar-refractivity contribution is 5.91. The predicted octanol–water partition coefficient (Wildman–Crippen LogP) is 1.88. The summed E-state index contributed by atoms with van der Waals surface area (Å²) in [6.45, 7) is 3.13. The minimum atomic E-state index is -1.04. The average Bonchev–Trinajstić information content (AvgIpc) is 3.23. The lowest BCUT2D eigenvalue weighted by Crippen LogP contribution is -2.57. The molecule has 0 aliphatic carbocycles. The predicted molar refractivity (Wildman–Crippen MR) is 95.9 cm³/mol. The summed E-state index contributed by atoms with van der Waals surface area (Å²) >= 11 is 0. The molecular formula is C19H21N3O5. The van der Waals surface area contributed by atoms with Crippen molar-refractivity contribution in [3.8, 4) is 0 Å². The van der Waals surface area contributed by atoms with Gasteiger partial charge in [-0.05, 0) is 37.1 Å². The molecule has 2 aliphatic heterocycles. The molecule has 1 N–H and O–H groups in total. The molecule has 142 valence electrons. The topological polar surface area (TPSA) is 96.1 Å². The average molecular weight is 371 g/mol. The molecule has 2 aromatic rings. The zero-order valence-corrected chi connectivity index (χ0v) is 14.8. The lowest BCUT2D eigenvalue weighted by atomic mass is 9.89. The Morgan fingerprint density at radius 1 is 1.19 bits per heavy atom. The van der Waals surface area contributed by atoms with Crippen molar-refractivity contribution >= 4 is 17.6 Å². The summed E-state index contributed by atoms with van der Waals surface area (Å²) in [6, 6.07) is 6.80. The number of amides is 1. The minimum absolute atomic E-state index is 0.0342. The largest absolute Gasteiger partial charge is 0.477 e. The van der Waals surface area contributed by atoms with Crippen molar-refractivity contribution in [2.75, 3.05) is 37.7 Å². The summed E-state index contributed by atoms with van der Waals surface area (Å²) in [5.74, 6) is -0.776. The van der Waals surface area contributed by atoms with E-state index in [1.807, 2.05) is 6.07 Å². The molecule has 1 amide bonds. The number of anilines is 1. The second-order valence-corrected chi connectivity index (χ2v) is 6.93. The number of aromatic carboxylic acids is 1. The van der Waals surface area contributed by atoms with Crippen LogP contribution in [0, 0.1) is 0 Å². The van der Waals surface area contributed by atoms with Gasteiger partial charge in [-0.1, -0.05) is 0 Å². The van der Waals surface area contributed by atoms with E-state index < -0.39 is 5.97 Å². The number of likely N-dealkylation sites (tertiary alicyclic amines) is 1. The van der Waals surface area contributed by atoms with Crippen LogP contribution in [0.4, 0.5) is 5.69 Å². The number of carbonyl (C=O) groups excluding carboxylic acids is 1. The van der Waals surface area contributed by atoms with Gasteiger partial charge >= 0.3 is 5.97 Å². The summed E-state index contributed by atoms with van der Waals surface area (Å²) in [5, 5.41) is 9.16. The summed E-state index contributed by atoms with van der Waals surface area (Å²) in [6.07, 6.45) is 4.48. The molecule has 1 spiro atoms. The number of pyridine rings is 1. The molecule has 8 nitrogen and oxygen atoms in total. The van der Waals surface area contributed by atoms with Crippen LogP contribution >= 0.6 is 0 Å². The van der Waals surface area contributed by atoms with Gasteiger partial charge in [0.25, 0.3) is 5.91 Å². The normalized spacial score (nSPS) is 19.3. The van der Waals surface area contributed by atoms with E-state index in [4.69, 9.17) is 14.3 Å². The third-order valence-electron chi connectivity index (χ3n) is 5.27. The first-order valence-corrected chi connectivity index (χ1v) is 8.97. The molecule has 0 atom stereocenters. The van der Waals surface area contributed by atoms with E-state index in [-0.39, 0.29) is 17.2 Å². The monoisotopic (exact) mass is 371 g/mol. The van der Waals surface area contributed by atoms with Gasteiger partial charge in [-0.2, -0.15) is 0 Å². The first kappa shape index (κ1) is 17.5. The van der Waals surface area contributed by atoms with Crippen LogP contribution in [0.1, 0.15) is 33.9 Å². The summed E-state index contributed by atoms with van der Waals surface area (Å²) < 4.78 is 11.3. The Morgan fingerprint density at radius 3 is 2.70 bits per heavy atom. The van der Waals surface area contributed by atoms with Gasteiger partial charge in [-0.15, -0.1) is 0 Å². The summed E-state index contributed by atoms with van der Waals surface area (Å²) in [4.78, 5) is 31.4. The maximum Gasteiger partial charge on any atom is 0.354 e. The van der Waals surface area contributed by atoms with E-state index in [9.17, 15) is 9.59 Å². The van der Waals surface area contributed by atoms with Crippen molar-refractivity contribution in [1.29, 1.82) is 0 Å². The van der Waals surface area contributed by atoms with Crippen LogP contribution in [0.25, 0.3) is 0 Å². The summed E-state index contributed by atoms with van der Waals surface area (Å²) in [5.41, 5.74) is 0.538. The highest BCUT2D eigenvalue weighted by Crippen LogP contribution is 2.32. The highest BCUT2D eigenvalue weighted by atomic mass is 16.5. The number of hydrogen-bond donors (Lipinski definition) is 1. The van der Waals surface area contributed by atoms with Gasteiger partial charge in [0.05, 0.1) is 18.5 Å². The van der Waals surface area contributed by atoms with Crippen molar-refractivity contribution in [1.82, 2.24) is 9.88 Å². The molecule has 4 heterocycles. The summed E-state index contributed by atoms with van der Waals surface area (Å²) in [7, 11) is 0. The number of piperidine rings is 1. The Kier molecular flexibility index (Phi) is 4.57. The molecule has 8 heteroatoms. The standard InChI is InChI=1S/C19H21N3O5/c23-17(16-2-1-10-26-16)21-7-4-19(5-8-21)13-22(9-11-27-19)14-3-6-20-15(12-14)18(24)25/h1-3,6,10,12H,4-5,7-9,11,13H2,(H,24,25). The molecule has 2 saturated heterocycles. The van der Waals surface area contributed by atoms with Gasteiger partial charge in [-0.3, -0.25) is 4.79 Å². The molecule has 0 radical (unpaired) electrons. The first-order valence-electron chi connectivity index (χ1n) is 8.97. The molecule has 27 heavy (non-hydrogen) atoms. The number of furan rings is 1. The fraction of sp³-hybridized carbons (Fsp3) is 0.421. The quantitative estimate of drug-likeness (QED) is 0.880. The molecule has 0 unspecified atom stereocenters. The molecule has 2 aliphatic rings. The molecule has 0 saturated carbocycles. The van der Waals surface area contributed by atoms with E-state index >= 15 is 0 Å². The number of morpholine rings is 1. The third kappa shape index (κ3) is 3.52. The number of hydrogen-bond acceptors (Lipinski definition) is 6. The molecule has 2 fully saturated rings. The van der Waals surface area contributed by atoms with Gasteiger partial charge in [-0.25, -0.2) is 9.78 Å². The molecule has 0 bridgehead atoms. The number of aromatic nitrogens is 1. The number of carboxylic acids is 1. The number of carboxylic acid groups (broad SMARTS) is 1. The lowest BCUT2D eigenvalue weighted by Gasteiger charge is -2.47. The van der Waals surface area contributed by atoms with Crippen LogP contribution in [-0.2, 0) is 4.74 Å². The zero-order valence-electron chi connectivity index (χ0n) is 14.8. The molecule has 4 rings (SSSR count). The molecule has 0 aromatic carbocycles. The van der Waals surface area contributed by atoms with Crippen molar-refractivity contribution in [2.45, 2.75) is 18.4 Å². The van der Waals surface area contributed by atoms with E-state index in [2.05, 4.69) is 9.88 Å². The van der Waals surface area contributed by atoms with E-state index in [1.165, 1.54) is 12.5 Å². The lowest BCUT2D eigenvalue weighted by molar-refractivity contribution is -0.0870. The van der Waals surface area contributed by atoms with Crippen molar-refractivity contribution < 1.29 is 23.8 Å². The van der Waals surface area contributed by atoms with Crippen LogP contribution in [0.2, 0.25) is 0 Å². The SMILES string of the molecule is O=C(O)c1cc(N2CCOC3(CCN(C(=O)c4ccco4)CC3)C2)ccn1. The van der Waals surface area contributed by atoms with Crippen molar-refractivity contribution in [3.05, 3.63) is 48.2 Å². The van der Waals surface area contributed by atoms with Crippen LogP contribution in [0.15, 0.2) is 41.1 Å². The number of nitrogens with zero attached hydrogens (tertiary/aromatic N) is 3. The number of ether oxygens (including phenoxy) is 1. The van der Waals surface area contributed by atoms with Crippen LogP contribution in [0.3, 0.4) is 0 Å². The fourth-order valence-corrected chi connectivity index (χ4v) is 3.77. The van der Waals surface area contributed by atoms with Gasteiger partial charge < -0.3 is 24.1 Å². The Bertz CT molecular complexity index is 828. The molecular weight excluding hydrogens is 350 g/mol. The Morgan fingerprint density at radius 2 is 2.00 bits per heavy atom. The van der Waals surface area contributed by atoms with Crippen molar-refractivity contribution in [3.63, 3.8) is 0 Å². The number of rotatable bonds is 3. The Hall–Kier alpha value is -2.87. The highest BCUT2D eigenvalue weighted by Gasteiger charge is 2.41. The van der Waals surface area contributed by atoms with Gasteiger partial charge in [0.2, 0.25) is 0 Å². The van der Waals surface area contributed by atoms with E-state index in [1.54, 1.807) is 23.1 Å². The smallest absolute Gasteiger partial charge is 0.354 e.